The lowest BCUT2D eigenvalue weighted by atomic mass is 10.3. The molecule has 0 atom stereocenters. The number of pyridine rings is 1. The van der Waals surface area contributed by atoms with Gasteiger partial charge in [0.2, 0.25) is 5.16 Å². The fourth-order valence-electron chi connectivity index (χ4n) is 3.15. The zero-order valence-electron chi connectivity index (χ0n) is 14.9. The standard InChI is InChI=1S/C18H17ClN6O2S/c19-13-5-7-14(8-6-13)24-16(12-23-10-1-2-11-23)21-22-18(24)28-17-15(25(26)27)4-3-9-20-17/h3-9H,1-2,10-12H2. The Morgan fingerprint density at radius 1 is 1.14 bits per heavy atom. The van der Waals surface area contributed by atoms with E-state index in [1.54, 1.807) is 18.2 Å². The molecule has 1 aliphatic heterocycles. The van der Waals surface area contributed by atoms with Crippen LogP contribution in [0.5, 0.6) is 0 Å². The summed E-state index contributed by atoms with van der Waals surface area (Å²) in [4.78, 5) is 17.4. The Morgan fingerprint density at radius 2 is 1.89 bits per heavy atom. The SMILES string of the molecule is O=[N+]([O-])c1cccnc1Sc1nnc(CN2CCCC2)n1-c1ccc(Cl)cc1. The molecule has 1 fully saturated rings. The minimum absolute atomic E-state index is 0.0563. The van der Waals surface area contributed by atoms with Crippen molar-refractivity contribution in [3.05, 3.63) is 63.6 Å². The Balaban J connectivity index is 1.73. The third kappa shape index (κ3) is 4.01. The zero-order valence-corrected chi connectivity index (χ0v) is 16.4. The molecule has 0 bridgehead atoms. The van der Waals surface area contributed by atoms with Gasteiger partial charge in [0, 0.05) is 23.0 Å². The molecule has 3 heterocycles. The van der Waals surface area contributed by atoms with Crippen molar-refractivity contribution in [2.45, 2.75) is 29.6 Å². The average molecular weight is 417 g/mol. The van der Waals surface area contributed by atoms with Crippen molar-refractivity contribution in [1.29, 1.82) is 0 Å². The summed E-state index contributed by atoms with van der Waals surface area (Å²) in [6, 6.07) is 10.4. The molecule has 3 aromatic rings. The van der Waals surface area contributed by atoms with Crippen LogP contribution >= 0.6 is 23.4 Å². The van der Waals surface area contributed by atoms with Gasteiger partial charge in [-0.15, -0.1) is 10.2 Å². The van der Waals surface area contributed by atoms with E-state index in [0.29, 0.717) is 16.7 Å². The summed E-state index contributed by atoms with van der Waals surface area (Å²) in [5, 5.41) is 21.4. The highest BCUT2D eigenvalue weighted by molar-refractivity contribution is 7.99. The molecule has 0 saturated carbocycles. The number of benzene rings is 1. The summed E-state index contributed by atoms with van der Waals surface area (Å²) in [7, 11) is 0. The van der Waals surface area contributed by atoms with Crippen LogP contribution in [0.3, 0.4) is 0 Å². The fourth-order valence-corrected chi connectivity index (χ4v) is 4.19. The zero-order chi connectivity index (χ0) is 19.5. The van der Waals surface area contributed by atoms with E-state index >= 15 is 0 Å². The van der Waals surface area contributed by atoms with Crippen LogP contribution in [0.25, 0.3) is 5.69 Å². The monoisotopic (exact) mass is 416 g/mol. The van der Waals surface area contributed by atoms with Gasteiger partial charge in [0.1, 0.15) is 0 Å². The maximum Gasteiger partial charge on any atom is 0.301 e. The Morgan fingerprint density at radius 3 is 2.61 bits per heavy atom. The van der Waals surface area contributed by atoms with Gasteiger partial charge >= 0.3 is 5.69 Å². The van der Waals surface area contributed by atoms with E-state index in [2.05, 4.69) is 20.1 Å². The van der Waals surface area contributed by atoms with Crippen LogP contribution in [0.2, 0.25) is 5.02 Å². The molecule has 8 nitrogen and oxygen atoms in total. The van der Waals surface area contributed by atoms with Crippen LogP contribution in [0, 0.1) is 10.1 Å². The predicted molar refractivity (Wildman–Crippen MR) is 106 cm³/mol. The van der Waals surface area contributed by atoms with Gasteiger partial charge in [-0.2, -0.15) is 0 Å². The smallest absolute Gasteiger partial charge is 0.296 e. The highest BCUT2D eigenvalue weighted by atomic mass is 35.5. The minimum Gasteiger partial charge on any atom is -0.296 e. The topological polar surface area (TPSA) is 90.0 Å². The number of hydrogen-bond donors (Lipinski definition) is 0. The largest absolute Gasteiger partial charge is 0.301 e. The van der Waals surface area contributed by atoms with Gasteiger partial charge in [-0.25, -0.2) is 4.98 Å². The Kier molecular flexibility index (Phi) is 5.56. The molecule has 1 saturated heterocycles. The molecule has 0 N–H and O–H groups in total. The molecule has 2 aromatic heterocycles. The number of nitro groups is 1. The summed E-state index contributed by atoms with van der Waals surface area (Å²) in [5.74, 6) is 0.783. The maximum atomic E-state index is 11.3. The van der Waals surface area contributed by atoms with Crippen LogP contribution in [0.15, 0.2) is 52.8 Å². The van der Waals surface area contributed by atoms with E-state index < -0.39 is 4.92 Å². The number of nitrogens with zero attached hydrogens (tertiary/aromatic N) is 6. The van der Waals surface area contributed by atoms with Crippen molar-refractivity contribution in [2.24, 2.45) is 0 Å². The second kappa shape index (κ2) is 8.26. The van der Waals surface area contributed by atoms with Crippen molar-refractivity contribution >= 4 is 29.1 Å². The maximum absolute atomic E-state index is 11.3. The number of hydrogen-bond acceptors (Lipinski definition) is 7. The highest BCUT2D eigenvalue weighted by Gasteiger charge is 2.23. The first-order valence-corrected chi connectivity index (χ1v) is 10.0. The first kappa shape index (κ1) is 18.9. The van der Waals surface area contributed by atoms with Crippen molar-refractivity contribution in [1.82, 2.24) is 24.6 Å². The lowest BCUT2D eigenvalue weighted by molar-refractivity contribution is -0.388. The average Bonchev–Trinajstić information content (AvgIpc) is 3.34. The molecule has 1 aromatic carbocycles. The first-order chi connectivity index (χ1) is 13.6. The highest BCUT2D eigenvalue weighted by Crippen LogP contribution is 2.33. The second-order valence-corrected chi connectivity index (χ2v) is 7.77. The third-order valence-electron chi connectivity index (χ3n) is 4.48. The van der Waals surface area contributed by atoms with Gasteiger partial charge in [0.05, 0.1) is 11.5 Å². The van der Waals surface area contributed by atoms with Crippen molar-refractivity contribution < 1.29 is 4.92 Å². The van der Waals surface area contributed by atoms with E-state index in [-0.39, 0.29) is 10.7 Å². The van der Waals surface area contributed by atoms with Gasteiger partial charge < -0.3 is 0 Å². The molecule has 0 radical (unpaired) electrons. The molecule has 0 spiro atoms. The van der Waals surface area contributed by atoms with Gasteiger partial charge in [0.15, 0.2) is 10.9 Å². The van der Waals surface area contributed by atoms with E-state index in [9.17, 15) is 10.1 Å². The van der Waals surface area contributed by atoms with E-state index in [0.717, 1.165) is 36.4 Å². The summed E-state index contributed by atoms with van der Waals surface area (Å²) in [6.45, 7) is 2.73. The van der Waals surface area contributed by atoms with Crippen LogP contribution < -0.4 is 0 Å². The van der Waals surface area contributed by atoms with Crippen molar-refractivity contribution in [3.8, 4) is 5.69 Å². The lowest BCUT2D eigenvalue weighted by Crippen LogP contribution is -2.21. The molecule has 10 heteroatoms. The molecule has 0 aliphatic carbocycles. The quantitative estimate of drug-likeness (QED) is 0.443. The van der Waals surface area contributed by atoms with Crippen LogP contribution in [0.4, 0.5) is 5.69 Å². The molecular formula is C18H17ClN6O2S. The van der Waals surface area contributed by atoms with Crippen LogP contribution in [-0.4, -0.2) is 42.7 Å². The summed E-state index contributed by atoms with van der Waals surface area (Å²) in [5.41, 5.74) is 0.795. The normalized spacial score (nSPS) is 14.5. The Labute approximate surface area is 170 Å². The number of likely N-dealkylation sites (tertiary alicyclic amines) is 1. The number of halogens is 1. The predicted octanol–water partition coefficient (Wildman–Crippen LogP) is 3.97. The number of rotatable bonds is 6. The van der Waals surface area contributed by atoms with E-state index in [1.807, 2.05) is 16.7 Å². The Bertz CT molecular complexity index is 988. The van der Waals surface area contributed by atoms with Crippen molar-refractivity contribution in [2.75, 3.05) is 13.1 Å². The summed E-state index contributed by atoms with van der Waals surface area (Å²) in [6.07, 6.45) is 3.89. The van der Waals surface area contributed by atoms with Gasteiger partial charge in [-0.1, -0.05) is 11.6 Å². The van der Waals surface area contributed by atoms with Gasteiger partial charge in [0.25, 0.3) is 0 Å². The lowest BCUT2D eigenvalue weighted by Gasteiger charge is -2.16. The first-order valence-electron chi connectivity index (χ1n) is 8.81. The molecule has 4 rings (SSSR count). The van der Waals surface area contributed by atoms with E-state index in [4.69, 9.17) is 11.6 Å². The molecule has 0 unspecified atom stereocenters. The summed E-state index contributed by atoms with van der Waals surface area (Å²) < 4.78 is 1.91. The minimum atomic E-state index is -0.441. The molecule has 144 valence electrons. The van der Waals surface area contributed by atoms with Gasteiger partial charge in [-0.3, -0.25) is 19.6 Å². The van der Waals surface area contributed by atoms with Gasteiger partial charge in [-0.05, 0) is 68.0 Å². The number of aromatic nitrogens is 4. The van der Waals surface area contributed by atoms with Crippen molar-refractivity contribution in [3.63, 3.8) is 0 Å². The molecular weight excluding hydrogens is 400 g/mol. The molecule has 0 amide bonds. The molecule has 1 aliphatic rings. The van der Waals surface area contributed by atoms with E-state index in [1.165, 1.54) is 25.1 Å². The molecule has 28 heavy (non-hydrogen) atoms. The third-order valence-corrected chi connectivity index (χ3v) is 5.69. The second-order valence-electron chi connectivity index (χ2n) is 6.38. The Hall–Kier alpha value is -2.49. The fraction of sp³-hybridized carbons (Fsp3) is 0.278. The van der Waals surface area contributed by atoms with Crippen LogP contribution in [-0.2, 0) is 6.54 Å². The summed E-state index contributed by atoms with van der Waals surface area (Å²) >= 11 is 7.17. The van der Waals surface area contributed by atoms with Crippen LogP contribution in [0.1, 0.15) is 18.7 Å².